The summed E-state index contributed by atoms with van der Waals surface area (Å²) < 4.78 is 5.22. The standard InChI is InChI=1S/C12H14O3/c1-3-15-12-8-10(5-4-9(2)13)6-7-11(12)14/h4-8,14H,3H2,1-2H3/b5-4+. The molecule has 0 amide bonds. The monoisotopic (exact) mass is 206 g/mol. The van der Waals surface area contributed by atoms with Crippen molar-refractivity contribution >= 4 is 11.9 Å². The van der Waals surface area contributed by atoms with Crippen LogP contribution < -0.4 is 4.74 Å². The van der Waals surface area contributed by atoms with Gasteiger partial charge in [-0.05, 0) is 37.6 Å². The molecule has 3 heteroatoms. The van der Waals surface area contributed by atoms with Crippen molar-refractivity contribution in [2.24, 2.45) is 0 Å². The molecule has 0 radical (unpaired) electrons. The Morgan fingerprint density at radius 2 is 2.27 bits per heavy atom. The van der Waals surface area contributed by atoms with Crippen LogP contribution in [0.1, 0.15) is 19.4 Å². The molecule has 0 bridgehead atoms. The lowest BCUT2D eigenvalue weighted by molar-refractivity contribution is -0.112. The first kappa shape index (κ1) is 11.3. The molecular weight excluding hydrogens is 192 g/mol. The van der Waals surface area contributed by atoms with Crippen LogP contribution in [-0.2, 0) is 4.79 Å². The second-order valence-electron chi connectivity index (χ2n) is 3.10. The van der Waals surface area contributed by atoms with Gasteiger partial charge in [0.15, 0.2) is 17.3 Å². The van der Waals surface area contributed by atoms with Crippen molar-refractivity contribution in [1.29, 1.82) is 0 Å². The highest BCUT2D eigenvalue weighted by Crippen LogP contribution is 2.27. The van der Waals surface area contributed by atoms with E-state index < -0.39 is 0 Å². The highest BCUT2D eigenvalue weighted by atomic mass is 16.5. The Bertz CT molecular complexity index is 380. The fourth-order valence-corrected chi connectivity index (χ4v) is 1.12. The molecule has 15 heavy (non-hydrogen) atoms. The first-order valence-electron chi connectivity index (χ1n) is 4.78. The predicted molar refractivity (Wildman–Crippen MR) is 59.0 cm³/mol. The lowest BCUT2D eigenvalue weighted by Crippen LogP contribution is -1.92. The Kier molecular flexibility index (Phi) is 3.92. The Morgan fingerprint density at radius 1 is 1.53 bits per heavy atom. The maximum absolute atomic E-state index is 10.7. The molecule has 0 unspecified atom stereocenters. The minimum Gasteiger partial charge on any atom is -0.504 e. The van der Waals surface area contributed by atoms with Crippen LogP contribution in [0.5, 0.6) is 11.5 Å². The molecule has 1 N–H and O–H groups in total. The molecule has 0 aliphatic heterocycles. The SMILES string of the molecule is CCOc1cc(/C=C/C(C)=O)ccc1O. The Labute approximate surface area is 89.0 Å². The van der Waals surface area contributed by atoms with Crippen LogP contribution >= 0.6 is 0 Å². The smallest absolute Gasteiger partial charge is 0.161 e. The lowest BCUT2D eigenvalue weighted by Gasteiger charge is -2.05. The third-order valence-electron chi connectivity index (χ3n) is 1.79. The molecule has 0 heterocycles. The van der Waals surface area contributed by atoms with Crippen LogP contribution in [0.4, 0.5) is 0 Å². The number of aromatic hydroxyl groups is 1. The topological polar surface area (TPSA) is 46.5 Å². The first-order valence-corrected chi connectivity index (χ1v) is 4.78. The number of phenolic OH excluding ortho intramolecular Hbond substituents is 1. The number of hydrogen-bond donors (Lipinski definition) is 1. The number of carbonyl (C=O) groups excluding carboxylic acids is 1. The number of phenols is 1. The van der Waals surface area contributed by atoms with Crippen molar-refractivity contribution in [2.75, 3.05) is 6.61 Å². The third-order valence-corrected chi connectivity index (χ3v) is 1.79. The summed E-state index contributed by atoms with van der Waals surface area (Å²) in [6.07, 6.45) is 3.16. The molecule has 0 aliphatic carbocycles. The third kappa shape index (κ3) is 3.46. The van der Waals surface area contributed by atoms with Crippen LogP contribution in [0.15, 0.2) is 24.3 Å². The summed E-state index contributed by atoms with van der Waals surface area (Å²) in [5, 5.41) is 9.43. The number of rotatable bonds is 4. The van der Waals surface area contributed by atoms with E-state index in [0.717, 1.165) is 5.56 Å². The number of benzene rings is 1. The summed E-state index contributed by atoms with van der Waals surface area (Å²) in [6, 6.07) is 4.96. The zero-order valence-corrected chi connectivity index (χ0v) is 8.86. The van der Waals surface area contributed by atoms with Crippen LogP contribution in [0, 0.1) is 0 Å². The van der Waals surface area contributed by atoms with Crippen molar-refractivity contribution in [1.82, 2.24) is 0 Å². The Balaban J connectivity index is 2.91. The van der Waals surface area contributed by atoms with Crippen molar-refractivity contribution in [3.63, 3.8) is 0 Å². The van der Waals surface area contributed by atoms with E-state index in [1.165, 1.54) is 13.0 Å². The quantitative estimate of drug-likeness (QED) is 0.769. The van der Waals surface area contributed by atoms with Gasteiger partial charge in [0.25, 0.3) is 0 Å². The van der Waals surface area contributed by atoms with Gasteiger partial charge in [-0.25, -0.2) is 0 Å². The zero-order valence-electron chi connectivity index (χ0n) is 8.86. The summed E-state index contributed by atoms with van der Waals surface area (Å²) in [6.45, 7) is 3.82. The van der Waals surface area contributed by atoms with Gasteiger partial charge in [-0.1, -0.05) is 12.1 Å². The normalized spacial score (nSPS) is 10.5. The van der Waals surface area contributed by atoms with E-state index in [1.807, 2.05) is 6.92 Å². The van der Waals surface area contributed by atoms with Gasteiger partial charge in [0.05, 0.1) is 6.61 Å². The minimum atomic E-state index is -0.0129. The van der Waals surface area contributed by atoms with Gasteiger partial charge in [-0.15, -0.1) is 0 Å². The summed E-state index contributed by atoms with van der Waals surface area (Å²) in [5.41, 5.74) is 0.825. The van der Waals surface area contributed by atoms with Crippen LogP contribution in [-0.4, -0.2) is 17.5 Å². The summed E-state index contributed by atoms with van der Waals surface area (Å²) in [7, 11) is 0. The first-order chi connectivity index (χ1) is 7.13. The summed E-state index contributed by atoms with van der Waals surface area (Å²) >= 11 is 0. The van der Waals surface area contributed by atoms with Crippen LogP contribution in [0.25, 0.3) is 6.08 Å². The molecule has 0 saturated carbocycles. The Morgan fingerprint density at radius 3 is 2.87 bits per heavy atom. The maximum atomic E-state index is 10.7. The number of carbonyl (C=O) groups is 1. The van der Waals surface area contributed by atoms with Crippen molar-refractivity contribution < 1.29 is 14.6 Å². The predicted octanol–water partition coefficient (Wildman–Crippen LogP) is 2.39. The fraction of sp³-hybridized carbons (Fsp3) is 0.250. The molecule has 0 fully saturated rings. The fourth-order valence-electron chi connectivity index (χ4n) is 1.12. The van der Waals surface area contributed by atoms with Gasteiger partial charge in [0, 0.05) is 0 Å². The largest absolute Gasteiger partial charge is 0.504 e. The lowest BCUT2D eigenvalue weighted by atomic mass is 10.2. The molecule has 1 rings (SSSR count). The minimum absolute atomic E-state index is 0.0129. The van der Waals surface area contributed by atoms with E-state index in [2.05, 4.69) is 0 Å². The van der Waals surface area contributed by atoms with Gasteiger partial charge in [-0.3, -0.25) is 4.79 Å². The van der Waals surface area contributed by atoms with E-state index in [4.69, 9.17) is 4.74 Å². The zero-order chi connectivity index (χ0) is 11.3. The molecule has 1 aromatic rings. The molecule has 1 aromatic carbocycles. The maximum Gasteiger partial charge on any atom is 0.161 e. The van der Waals surface area contributed by atoms with E-state index in [0.29, 0.717) is 12.4 Å². The van der Waals surface area contributed by atoms with Crippen LogP contribution in [0.3, 0.4) is 0 Å². The molecule has 0 atom stereocenters. The summed E-state index contributed by atoms with van der Waals surface area (Å²) in [5.74, 6) is 0.529. The van der Waals surface area contributed by atoms with Crippen LogP contribution in [0.2, 0.25) is 0 Å². The molecule has 0 aliphatic rings. The average molecular weight is 206 g/mol. The van der Waals surface area contributed by atoms with E-state index in [1.54, 1.807) is 24.3 Å². The molecule has 80 valence electrons. The van der Waals surface area contributed by atoms with Crippen molar-refractivity contribution in [3.8, 4) is 11.5 Å². The number of ketones is 1. The van der Waals surface area contributed by atoms with E-state index in [9.17, 15) is 9.90 Å². The highest BCUT2D eigenvalue weighted by molar-refractivity contribution is 5.91. The second kappa shape index (κ2) is 5.20. The molecule has 0 spiro atoms. The molecular formula is C12H14O3. The van der Waals surface area contributed by atoms with E-state index in [-0.39, 0.29) is 11.5 Å². The average Bonchev–Trinajstić information content (AvgIpc) is 2.19. The molecule has 0 saturated heterocycles. The van der Waals surface area contributed by atoms with Crippen molar-refractivity contribution in [2.45, 2.75) is 13.8 Å². The van der Waals surface area contributed by atoms with Gasteiger partial charge in [0.2, 0.25) is 0 Å². The highest BCUT2D eigenvalue weighted by Gasteiger charge is 2.01. The van der Waals surface area contributed by atoms with Gasteiger partial charge >= 0.3 is 0 Å². The number of ether oxygens (including phenoxy) is 1. The van der Waals surface area contributed by atoms with E-state index >= 15 is 0 Å². The number of allylic oxidation sites excluding steroid dienone is 1. The summed E-state index contributed by atoms with van der Waals surface area (Å²) in [4.78, 5) is 10.7. The van der Waals surface area contributed by atoms with Gasteiger partial charge in [-0.2, -0.15) is 0 Å². The molecule has 0 aromatic heterocycles. The van der Waals surface area contributed by atoms with Gasteiger partial charge in [0.1, 0.15) is 0 Å². The Hall–Kier alpha value is -1.77. The number of hydrogen-bond acceptors (Lipinski definition) is 3. The van der Waals surface area contributed by atoms with Gasteiger partial charge < -0.3 is 9.84 Å². The molecule has 3 nitrogen and oxygen atoms in total. The van der Waals surface area contributed by atoms with Crippen molar-refractivity contribution in [3.05, 3.63) is 29.8 Å². The second-order valence-corrected chi connectivity index (χ2v) is 3.10.